The van der Waals surface area contributed by atoms with Crippen LogP contribution in [-0.2, 0) is 16.9 Å². The first kappa shape index (κ1) is 26.5. The topological polar surface area (TPSA) is 83.7 Å². The van der Waals surface area contributed by atoms with E-state index in [9.17, 15) is 9.59 Å². The number of aromatic nitrogens is 1. The zero-order valence-corrected chi connectivity index (χ0v) is 25.4. The number of carbonyl (C=O) groups is 2. The Hall–Kier alpha value is -5.08. The van der Waals surface area contributed by atoms with E-state index in [1.165, 1.54) is 16.2 Å². The number of fused-ring (bicyclic) bond motifs is 6. The first-order valence-corrected chi connectivity index (χ1v) is 15.3. The van der Waals surface area contributed by atoms with Crippen molar-refractivity contribution >= 4 is 55.2 Å². The van der Waals surface area contributed by atoms with E-state index in [-0.39, 0.29) is 17.9 Å². The van der Waals surface area contributed by atoms with Crippen LogP contribution in [0.15, 0.2) is 88.1 Å². The average Bonchev–Trinajstić information content (AvgIpc) is 3.60. The summed E-state index contributed by atoms with van der Waals surface area (Å²) in [6, 6.07) is 24.8. The molecule has 0 saturated heterocycles. The number of hydrogen-bond acceptors (Lipinski definition) is 6. The number of carbonyl (C=O) groups excluding carboxylic acids is 2. The molecule has 8 heteroatoms. The highest BCUT2D eigenvalue weighted by Crippen LogP contribution is 2.55. The van der Waals surface area contributed by atoms with E-state index >= 15 is 4.79 Å². The summed E-state index contributed by atoms with van der Waals surface area (Å²) < 4.78 is 7.19. The molecule has 1 atom stereocenters. The van der Waals surface area contributed by atoms with Gasteiger partial charge in [0.15, 0.2) is 16.1 Å². The lowest BCUT2D eigenvalue weighted by Crippen LogP contribution is -2.53. The molecule has 0 N–H and O–H groups in total. The smallest absolute Gasteiger partial charge is 0.297 e. The molecule has 216 valence electrons. The molecule has 4 aromatic carbocycles. The maximum absolute atomic E-state index is 15.2. The van der Waals surface area contributed by atoms with Gasteiger partial charge in [-0.2, -0.15) is 0 Å². The van der Waals surface area contributed by atoms with Crippen LogP contribution in [0.25, 0.3) is 21.2 Å². The van der Waals surface area contributed by atoms with Crippen LogP contribution in [-0.4, -0.2) is 16.8 Å². The Kier molecular flexibility index (Phi) is 5.55. The minimum absolute atomic E-state index is 0.0397. The molecule has 1 unspecified atom stereocenters. The summed E-state index contributed by atoms with van der Waals surface area (Å²) in [6.07, 6.45) is 0. The normalized spacial score (nSPS) is 17.4. The van der Waals surface area contributed by atoms with E-state index in [1.54, 1.807) is 17.0 Å². The zero-order valence-electron chi connectivity index (χ0n) is 24.6. The van der Waals surface area contributed by atoms with E-state index in [1.807, 2.05) is 94.4 Å². The fraction of sp³-hybridized carbons (Fsp3) is 0.167. The third-order valence-corrected chi connectivity index (χ3v) is 9.89. The molecule has 1 spiro atoms. The standard InChI is InChI=1S/C36H27N3O4S/c1-19-8-7-9-23(14-19)18-38-27-11-6-5-10-25(27)36(34(38)42)30-31(40)24-16-21(3)22(4)17-28(24)43-32(30)33(41)39(36)35-37-26-13-12-20(2)15-29(26)44-35/h5-17H,18H2,1-4H3. The van der Waals surface area contributed by atoms with Crippen molar-refractivity contribution in [3.63, 3.8) is 0 Å². The molecule has 2 amide bonds. The lowest BCUT2D eigenvalue weighted by atomic mass is 9.84. The van der Waals surface area contributed by atoms with E-state index in [2.05, 4.69) is 0 Å². The number of hydrogen-bond donors (Lipinski definition) is 0. The van der Waals surface area contributed by atoms with Gasteiger partial charge in [0.2, 0.25) is 5.76 Å². The Bertz CT molecular complexity index is 2300. The molecule has 2 aliphatic heterocycles. The van der Waals surface area contributed by atoms with Crippen molar-refractivity contribution in [2.24, 2.45) is 0 Å². The maximum Gasteiger partial charge on any atom is 0.297 e. The quantitative estimate of drug-likeness (QED) is 0.218. The van der Waals surface area contributed by atoms with Gasteiger partial charge in [-0.3, -0.25) is 19.3 Å². The second-order valence-electron chi connectivity index (χ2n) is 11.8. The Morgan fingerprint density at radius 2 is 1.61 bits per heavy atom. The largest absolute Gasteiger partial charge is 0.450 e. The zero-order chi connectivity index (χ0) is 30.5. The molecule has 2 aromatic heterocycles. The highest BCUT2D eigenvalue weighted by Gasteiger charge is 2.66. The molecule has 4 heterocycles. The first-order valence-electron chi connectivity index (χ1n) is 14.5. The highest BCUT2D eigenvalue weighted by molar-refractivity contribution is 7.22. The van der Waals surface area contributed by atoms with Gasteiger partial charge in [-0.25, -0.2) is 4.98 Å². The van der Waals surface area contributed by atoms with Crippen molar-refractivity contribution < 1.29 is 14.0 Å². The fourth-order valence-corrected chi connectivity index (χ4v) is 7.80. The Labute approximate surface area is 257 Å². The molecule has 0 aliphatic carbocycles. The van der Waals surface area contributed by atoms with E-state index in [0.717, 1.165) is 32.5 Å². The Morgan fingerprint density at radius 3 is 2.43 bits per heavy atom. The van der Waals surface area contributed by atoms with Crippen LogP contribution in [0.4, 0.5) is 10.8 Å². The molecule has 44 heavy (non-hydrogen) atoms. The number of aryl methyl sites for hydroxylation is 4. The fourth-order valence-electron chi connectivity index (χ4n) is 6.68. The van der Waals surface area contributed by atoms with Crippen molar-refractivity contribution in [3.8, 4) is 0 Å². The van der Waals surface area contributed by atoms with Gasteiger partial charge in [-0.1, -0.05) is 65.4 Å². The van der Waals surface area contributed by atoms with Crippen molar-refractivity contribution in [2.45, 2.75) is 39.8 Å². The monoisotopic (exact) mass is 597 g/mol. The van der Waals surface area contributed by atoms with Crippen LogP contribution in [0, 0.1) is 27.7 Å². The second-order valence-corrected chi connectivity index (χ2v) is 12.8. The average molecular weight is 598 g/mol. The molecule has 0 radical (unpaired) electrons. The van der Waals surface area contributed by atoms with Crippen LogP contribution >= 0.6 is 11.3 Å². The summed E-state index contributed by atoms with van der Waals surface area (Å²) in [5.41, 5.74) is 5.00. The van der Waals surface area contributed by atoms with Crippen LogP contribution in [0.5, 0.6) is 0 Å². The number of nitrogens with zero attached hydrogens (tertiary/aromatic N) is 3. The van der Waals surface area contributed by atoms with Gasteiger partial charge >= 0.3 is 0 Å². The predicted molar refractivity (Wildman–Crippen MR) is 173 cm³/mol. The molecule has 0 fully saturated rings. The summed E-state index contributed by atoms with van der Waals surface area (Å²) in [5.74, 6) is -1.08. The first-order chi connectivity index (χ1) is 21.2. The molecule has 7 nitrogen and oxygen atoms in total. The summed E-state index contributed by atoms with van der Waals surface area (Å²) >= 11 is 1.32. The molecule has 0 bridgehead atoms. The summed E-state index contributed by atoms with van der Waals surface area (Å²) in [7, 11) is 0. The summed E-state index contributed by atoms with van der Waals surface area (Å²) in [6.45, 7) is 8.13. The van der Waals surface area contributed by atoms with Gasteiger partial charge in [0.25, 0.3) is 11.8 Å². The highest BCUT2D eigenvalue weighted by atomic mass is 32.1. The van der Waals surface area contributed by atoms with Crippen LogP contribution in [0.2, 0.25) is 0 Å². The van der Waals surface area contributed by atoms with Gasteiger partial charge in [-0.15, -0.1) is 0 Å². The lowest BCUT2D eigenvalue weighted by Gasteiger charge is -2.32. The predicted octanol–water partition coefficient (Wildman–Crippen LogP) is 7.09. The SMILES string of the molecule is Cc1cccc(CN2C(=O)C3(c4ccccc42)c2c(oc4cc(C)c(C)cc4c2=O)C(=O)N3c2nc3ccc(C)cc3s2)c1. The van der Waals surface area contributed by atoms with Crippen LogP contribution < -0.4 is 15.2 Å². The van der Waals surface area contributed by atoms with Crippen molar-refractivity contribution in [1.82, 2.24) is 4.98 Å². The molecular weight excluding hydrogens is 570 g/mol. The third-order valence-electron chi connectivity index (χ3n) is 8.89. The van der Waals surface area contributed by atoms with E-state index in [4.69, 9.17) is 9.40 Å². The Morgan fingerprint density at radius 1 is 0.841 bits per heavy atom. The van der Waals surface area contributed by atoms with Gasteiger partial charge in [0, 0.05) is 5.56 Å². The second kappa shape index (κ2) is 9.21. The summed E-state index contributed by atoms with van der Waals surface area (Å²) in [4.78, 5) is 52.4. The number of thiazole rings is 1. The van der Waals surface area contributed by atoms with Crippen molar-refractivity contribution in [3.05, 3.63) is 134 Å². The third kappa shape index (κ3) is 3.48. The molecule has 6 aromatic rings. The van der Waals surface area contributed by atoms with Gasteiger partial charge in [0.1, 0.15) is 5.58 Å². The summed E-state index contributed by atoms with van der Waals surface area (Å²) in [5, 5.41) is 0.668. The van der Waals surface area contributed by atoms with Crippen LogP contribution in [0.3, 0.4) is 0 Å². The van der Waals surface area contributed by atoms with Crippen LogP contribution in [0.1, 0.15) is 49.5 Å². The molecule has 8 rings (SSSR count). The number of rotatable bonds is 3. The maximum atomic E-state index is 15.2. The van der Waals surface area contributed by atoms with Gasteiger partial charge in [-0.05, 0) is 80.3 Å². The number of para-hydroxylation sites is 1. The lowest BCUT2D eigenvalue weighted by molar-refractivity contribution is -0.121. The van der Waals surface area contributed by atoms with Crippen molar-refractivity contribution in [1.29, 1.82) is 0 Å². The number of benzene rings is 4. The van der Waals surface area contributed by atoms with Crippen molar-refractivity contribution in [2.75, 3.05) is 9.80 Å². The van der Waals surface area contributed by atoms with Gasteiger partial charge < -0.3 is 9.32 Å². The Balaban J connectivity index is 1.46. The minimum Gasteiger partial charge on any atom is -0.450 e. The van der Waals surface area contributed by atoms with Gasteiger partial charge in [0.05, 0.1) is 33.4 Å². The number of anilines is 2. The molecule has 0 saturated carbocycles. The molecular formula is C36H27N3O4S. The van der Waals surface area contributed by atoms with E-state index < -0.39 is 22.8 Å². The minimum atomic E-state index is -1.79. The van der Waals surface area contributed by atoms with E-state index in [0.29, 0.717) is 32.9 Å². The molecule has 2 aliphatic rings. The number of amides is 2.